The number of aliphatic carboxylic acids is 1. The molecule has 9 N–H and O–H groups in total. The molecule has 0 aliphatic rings. The molecule has 0 spiro atoms. The second kappa shape index (κ2) is 15.3. The number of hydrogen-bond donors (Lipinski definition) is 5. The van der Waals surface area contributed by atoms with E-state index in [0.29, 0.717) is 24.9 Å². The molecule has 0 aliphatic carbocycles. The van der Waals surface area contributed by atoms with Crippen LogP contribution >= 0.6 is 0 Å². The maximum Gasteiger partial charge on any atom is 0.320 e. The number of benzene rings is 1. The first-order chi connectivity index (χ1) is 11.4. The van der Waals surface area contributed by atoms with Crippen molar-refractivity contribution in [3.63, 3.8) is 0 Å². The van der Waals surface area contributed by atoms with Gasteiger partial charge in [0.1, 0.15) is 12.3 Å². The second-order valence-electron chi connectivity index (χ2n) is 5.27. The average Bonchev–Trinajstić information content (AvgIpc) is 2.56. The molecule has 142 valence electrons. The van der Waals surface area contributed by atoms with E-state index in [-0.39, 0.29) is 12.1 Å². The Morgan fingerprint density at radius 2 is 1.84 bits per heavy atom. The molecule has 1 aromatic rings. The van der Waals surface area contributed by atoms with Crippen molar-refractivity contribution < 1.29 is 19.5 Å². The van der Waals surface area contributed by atoms with Crippen LogP contribution in [0.4, 0.5) is 5.69 Å². The zero-order chi connectivity index (χ0) is 18.4. The summed E-state index contributed by atoms with van der Waals surface area (Å²) in [6, 6.07) is 6.07. The van der Waals surface area contributed by atoms with Crippen LogP contribution in [-0.2, 0) is 9.59 Å². The van der Waals surface area contributed by atoms with E-state index < -0.39 is 12.0 Å². The van der Waals surface area contributed by atoms with E-state index in [9.17, 15) is 14.4 Å². The van der Waals surface area contributed by atoms with Crippen LogP contribution in [0, 0.1) is 0 Å². The first kappa shape index (κ1) is 25.0. The molecule has 1 amide bonds. The summed E-state index contributed by atoms with van der Waals surface area (Å²) in [7, 11) is 0. The van der Waals surface area contributed by atoms with Gasteiger partial charge in [-0.2, -0.15) is 0 Å². The molecule has 1 unspecified atom stereocenters. The number of aldehydes is 1. The molecule has 0 bridgehead atoms. The van der Waals surface area contributed by atoms with E-state index in [1.807, 2.05) is 6.92 Å². The lowest BCUT2D eigenvalue weighted by atomic mass is 10.1. The third kappa shape index (κ3) is 12.8. The third-order valence-corrected chi connectivity index (χ3v) is 3.09. The Labute approximate surface area is 148 Å². The molecule has 8 nitrogen and oxygen atoms in total. The monoisotopic (exact) mass is 354 g/mol. The van der Waals surface area contributed by atoms with Crippen molar-refractivity contribution in [3.8, 4) is 0 Å². The van der Waals surface area contributed by atoms with Gasteiger partial charge in [0.25, 0.3) is 0 Å². The average molecular weight is 354 g/mol. The highest BCUT2D eigenvalue weighted by Crippen LogP contribution is 2.08. The van der Waals surface area contributed by atoms with Gasteiger partial charge in [-0.3, -0.25) is 14.4 Å². The van der Waals surface area contributed by atoms with Crippen molar-refractivity contribution in [2.45, 2.75) is 45.1 Å². The molecule has 0 saturated heterocycles. The Hall–Kier alpha value is -2.29. The number of carbonyl (C=O) groups excluding carboxylic acids is 2. The summed E-state index contributed by atoms with van der Waals surface area (Å²) in [5.74, 6) is -0.927. The van der Waals surface area contributed by atoms with Crippen molar-refractivity contribution >= 4 is 23.9 Å². The minimum atomic E-state index is -0.933. The number of hydrogen-bond acceptors (Lipinski definition) is 6. The van der Waals surface area contributed by atoms with Crippen LogP contribution in [-0.4, -0.2) is 35.9 Å². The number of amides is 1. The highest BCUT2D eigenvalue weighted by atomic mass is 16.4. The molecule has 0 fully saturated rings. The van der Waals surface area contributed by atoms with Gasteiger partial charge in [0.15, 0.2) is 0 Å². The maximum atomic E-state index is 11.2. The van der Waals surface area contributed by atoms with E-state index >= 15 is 0 Å². The van der Waals surface area contributed by atoms with Gasteiger partial charge in [0, 0.05) is 17.7 Å². The highest BCUT2D eigenvalue weighted by molar-refractivity contribution is 5.91. The Morgan fingerprint density at radius 1 is 1.24 bits per heavy atom. The molecule has 1 aromatic carbocycles. The molecule has 25 heavy (non-hydrogen) atoms. The van der Waals surface area contributed by atoms with Gasteiger partial charge in [-0.1, -0.05) is 13.3 Å². The lowest BCUT2D eigenvalue weighted by Crippen LogP contribution is -2.29. The topological polar surface area (TPSA) is 171 Å². The number of carboxylic acids is 1. The van der Waals surface area contributed by atoms with Gasteiger partial charge in [-0.15, -0.1) is 0 Å². The largest absolute Gasteiger partial charge is 0.480 e. The molecule has 0 heterocycles. The fraction of sp³-hybridized carbons (Fsp3) is 0.471. The second-order valence-corrected chi connectivity index (χ2v) is 5.27. The minimum Gasteiger partial charge on any atom is -0.480 e. The number of carbonyl (C=O) groups is 3. The quantitative estimate of drug-likeness (QED) is 0.333. The van der Waals surface area contributed by atoms with Gasteiger partial charge in [0.2, 0.25) is 5.91 Å². The number of nitrogens with one attached hydrogen (secondary N) is 1. The summed E-state index contributed by atoms with van der Waals surface area (Å²) in [6.45, 7) is 2.56. The molecular formula is C17H30N4O4. The predicted molar refractivity (Wildman–Crippen MR) is 98.9 cm³/mol. The van der Waals surface area contributed by atoms with Gasteiger partial charge >= 0.3 is 5.97 Å². The Morgan fingerprint density at radius 3 is 2.28 bits per heavy atom. The number of unbranched alkanes of at least 4 members (excludes halogenated alkanes) is 1. The summed E-state index contributed by atoms with van der Waals surface area (Å²) in [4.78, 5) is 31.7. The van der Waals surface area contributed by atoms with Crippen molar-refractivity contribution in [2.24, 2.45) is 11.5 Å². The summed E-state index contributed by atoms with van der Waals surface area (Å²) in [5.41, 5.74) is 11.8. The standard InChI is InChI=1S/C11H13NO2.C6H14N2O2.H3N/c1-2-3-11(14)12-10-6-4-9(8-13)5-7-10;7-4-2-1-3-5(8)6(9)10;/h4-8H,2-3H2,1H3,(H,12,14);5H,1-4,7-8H2,(H,9,10);1H3. The number of anilines is 1. The van der Waals surface area contributed by atoms with Crippen LogP contribution in [0.1, 0.15) is 49.4 Å². The molecule has 0 radical (unpaired) electrons. The highest BCUT2D eigenvalue weighted by Gasteiger charge is 2.09. The third-order valence-electron chi connectivity index (χ3n) is 3.09. The van der Waals surface area contributed by atoms with Crippen LogP contribution in [0.5, 0.6) is 0 Å². The summed E-state index contributed by atoms with van der Waals surface area (Å²) >= 11 is 0. The fourth-order valence-electron chi connectivity index (χ4n) is 1.73. The molecule has 0 saturated carbocycles. The van der Waals surface area contributed by atoms with Crippen LogP contribution in [0.15, 0.2) is 24.3 Å². The molecule has 0 aliphatic heterocycles. The first-order valence-corrected chi connectivity index (χ1v) is 7.98. The lowest BCUT2D eigenvalue weighted by molar-refractivity contribution is -0.138. The van der Waals surface area contributed by atoms with Crippen molar-refractivity contribution in [1.29, 1.82) is 0 Å². The summed E-state index contributed by atoms with van der Waals surface area (Å²) < 4.78 is 0. The lowest BCUT2D eigenvalue weighted by Gasteiger charge is -2.03. The summed E-state index contributed by atoms with van der Waals surface area (Å²) in [6.07, 6.45) is 4.29. The molecule has 1 atom stereocenters. The number of nitrogens with two attached hydrogens (primary N) is 2. The molecule has 1 rings (SSSR count). The zero-order valence-electron chi connectivity index (χ0n) is 14.7. The van der Waals surface area contributed by atoms with E-state index in [0.717, 1.165) is 31.2 Å². The van der Waals surface area contributed by atoms with Gasteiger partial charge in [0.05, 0.1) is 0 Å². The van der Waals surface area contributed by atoms with E-state index in [1.165, 1.54) is 0 Å². The van der Waals surface area contributed by atoms with Crippen LogP contribution < -0.4 is 22.9 Å². The van der Waals surface area contributed by atoms with E-state index in [2.05, 4.69) is 5.32 Å². The van der Waals surface area contributed by atoms with Crippen molar-refractivity contribution in [2.75, 3.05) is 11.9 Å². The van der Waals surface area contributed by atoms with Crippen LogP contribution in [0.2, 0.25) is 0 Å². The van der Waals surface area contributed by atoms with Crippen molar-refractivity contribution in [3.05, 3.63) is 29.8 Å². The zero-order valence-corrected chi connectivity index (χ0v) is 14.7. The number of rotatable bonds is 9. The summed E-state index contributed by atoms with van der Waals surface area (Å²) in [5, 5.41) is 11.1. The predicted octanol–water partition coefficient (Wildman–Crippen LogP) is 1.93. The van der Waals surface area contributed by atoms with Crippen LogP contribution in [0.25, 0.3) is 0 Å². The van der Waals surface area contributed by atoms with Gasteiger partial charge < -0.3 is 28.0 Å². The molecule has 8 heteroatoms. The van der Waals surface area contributed by atoms with Crippen molar-refractivity contribution in [1.82, 2.24) is 6.15 Å². The first-order valence-electron chi connectivity index (χ1n) is 7.98. The van der Waals surface area contributed by atoms with Crippen LogP contribution in [0.3, 0.4) is 0 Å². The smallest absolute Gasteiger partial charge is 0.320 e. The van der Waals surface area contributed by atoms with Gasteiger partial charge in [-0.05, 0) is 50.1 Å². The Bertz CT molecular complexity index is 506. The van der Waals surface area contributed by atoms with E-state index in [4.69, 9.17) is 16.6 Å². The Kier molecular flexibility index (Phi) is 15.2. The molecular weight excluding hydrogens is 324 g/mol. The number of carboxylic acid groups (broad SMARTS) is 1. The molecule has 0 aromatic heterocycles. The Balaban J connectivity index is 0. The van der Waals surface area contributed by atoms with Gasteiger partial charge in [-0.25, -0.2) is 0 Å². The normalized spacial score (nSPS) is 10.5. The maximum absolute atomic E-state index is 11.2. The SMILES string of the molecule is CCCC(=O)Nc1ccc(C=O)cc1.N.NCCCCC(N)C(=O)O. The fourth-order valence-corrected chi connectivity index (χ4v) is 1.73. The van der Waals surface area contributed by atoms with E-state index in [1.54, 1.807) is 24.3 Å². The minimum absolute atomic E-state index is 0.